The lowest BCUT2D eigenvalue weighted by molar-refractivity contribution is 0.417. The highest BCUT2D eigenvalue weighted by Crippen LogP contribution is 2.25. The fourth-order valence-electron chi connectivity index (χ4n) is 1.64. The Bertz CT molecular complexity index is 616. The van der Waals surface area contributed by atoms with Gasteiger partial charge in [-0.3, -0.25) is 0 Å². The topological polar surface area (TPSA) is 46.2 Å². The maximum atomic E-state index is 5.30. The van der Waals surface area contributed by atoms with Crippen molar-refractivity contribution >= 4 is 44.8 Å². The minimum atomic E-state index is 0.462. The average Bonchev–Trinajstić information content (AvgIpc) is 2.41. The third kappa shape index (κ3) is 3.91. The number of pyridine rings is 1. The molecule has 1 heterocycles. The Morgan fingerprint density at radius 2 is 2.05 bits per heavy atom. The first-order chi connectivity index (χ1) is 9.58. The smallest absolute Gasteiger partial charge is 0.176 e. The van der Waals surface area contributed by atoms with E-state index in [1.54, 1.807) is 13.3 Å². The van der Waals surface area contributed by atoms with Crippen LogP contribution in [-0.4, -0.2) is 17.2 Å². The van der Waals surface area contributed by atoms with Crippen LogP contribution in [0.25, 0.3) is 0 Å². The SMILES string of the molecule is COc1ccc(C)cc1NC(=S)Nc1ccc(Br)cn1. The Kier molecular flexibility index (Phi) is 4.92. The van der Waals surface area contributed by atoms with Crippen molar-refractivity contribution in [2.75, 3.05) is 17.7 Å². The molecular weight excluding hydrogens is 338 g/mol. The van der Waals surface area contributed by atoms with E-state index in [-0.39, 0.29) is 0 Å². The van der Waals surface area contributed by atoms with Crippen LogP contribution in [0.1, 0.15) is 5.56 Å². The van der Waals surface area contributed by atoms with Gasteiger partial charge in [-0.15, -0.1) is 0 Å². The molecule has 4 nitrogen and oxygen atoms in total. The first-order valence-electron chi connectivity index (χ1n) is 5.92. The molecule has 20 heavy (non-hydrogen) atoms. The molecule has 0 saturated heterocycles. The zero-order chi connectivity index (χ0) is 14.5. The molecule has 0 aliphatic carbocycles. The second kappa shape index (κ2) is 6.67. The van der Waals surface area contributed by atoms with E-state index >= 15 is 0 Å². The van der Waals surface area contributed by atoms with Gasteiger partial charge in [-0.25, -0.2) is 4.98 Å². The number of hydrogen-bond acceptors (Lipinski definition) is 3. The monoisotopic (exact) mass is 351 g/mol. The number of aryl methyl sites for hydroxylation is 1. The molecule has 0 atom stereocenters. The van der Waals surface area contributed by atoms with Crippen LogP contribution in [0, 0.1) is 6.92 Å². The standard InChI is InChI=1S/C14H14BrN3OS/c1-9-3-5-12(19-2)11(7-9)17-14(20)18-13-6-4-10(15)8-16-13/h3-8H,1-2H3,(H2,16,17,18,20). The lowest BCUT2D eigenvalue weighted by Crippen LogP contribution is -2.20. The predicted molar refractivity (Wildman–Crippen MR) is 89.5 cm³/mol. The lowest BCUT2D eigenvalue weighted by Gasteiger charge is -2.13. The minimum absolute atomic E-state index is 0.462. The molecule has 1 aromatic heterocycles. The van der Waals surface area contributed by atoms with E-state index in [9.17, 15) is 0 Å². The van der Waals surface area contributed by atoms with Gasteiger partial charge in [0.05, 0.1) is 12.8 Å². The van der Waals surface area contributed by atoms with E-state index < -0.39 is 0 Å². The van der Waals surface area contributed by atoms with Gasteiger partial charge in [-0.2, -0.15) is 0 Å². The van der Waals surface area contributed by atoms with Gasteiger partial charge in [-0.05, 0) is 64.9 Å². The first kappa shape index (κ1) is 14.7. The Balaban J connectivity index is 2.08. The molecular formula is C14H14BrN3OS. The number of anilines is 2. The Morgan fingerprint density at radius 3 is 2.70 bits per heavy atom. The summed E-state index contributed by atoms with van der Waals surface area (Å²) in [6.07, 6.45) is 1.71. The molecule has 2 aromatic rings. The second-order valence-corrected chi connectivity index (χ2v) is 5.47. The van der Waals surface area contributed by atoms with E-state index in [2.05, 4.69) is 31.5 Å². The Morgan fingerprint density at radius 1 is 1.25 bits per heavy atom. The molecule has 0 saturated carbocycles. The maximum absolute atomic E-state index is 5.30. The summed E-state index contributed by atoms with van der Waals surface area (Å²) in [5.74, 6) is 1.42. The third-order valence-electron chi connectivity index (χ3n) is 2.57. The van der Waals surface area contributed by atoms with Crippen LogP contribution in [0.4, 0.5) is 11.5 Å². The van der Waals surface area contributed by atoms with Gasteiger partial charge in [0.15, 0.2) is 5.11 Å². The molecule has 0 unspecified atom stereocenters. The number of rotatable bonds is 3. The Hall–Kier alpha value is -1.66. The molecule has 104 valence electrons. The van der Waals surface area contributed by atoms with Crippen molar-refractivity contribution in [2.45, 2.75) is 6.92 Å². The van der Waals surface area contributed by atoms with Crippen LogP contribution in [0.15, 0.2) is 41.0 Å². The molecule has 1 aromatic carbocycles. The summed E-state index contributed by atoms with van der Waals surface area (Å²) in [6, 6.07) is 9.59. The molecule has 0 radical (unpaired) electrons. The van der Waals surface area contributed by atoms with Crippen LogP contribution >= 0.6 is 28.1 Å². The Labute approximate surface area is 131 Å². The highest BCUT2D eigenvalue weighted by molar-refractivity contribution is 9.10. The summed E-state index contributed by atoms with van der Waals surface area (Å²) in [4.78, 5) is 4.20. The van der Waals surface area contributed by atoms with Gasteiger partial charge in [0.25, 0.3) is 0 Å². The van der Waals surface area contributed by atoms with E-state index in [0.717, 1.165) is 21.5 Å². The number of nitrogens with one attached hydrogen (secondary N) is 2. The molecule has 0 amide bonds. The molecule has 0 fully saturated rings. The van der Waals surface area contributed by atoms with Gasteiger partial charge in [-0.1, -0.05) is 6.07 Å². The van der Waals surface area contributed by atoms with Crippen molar-refractivity contribution < 1.29 is 4.74 Å². The van der Waals surface area contributed by atoms with Gasteiger partial charge in [0.1, 0.15) is 11.6 Å². The van der Waals surface area contributed by atoms with Gasteiger partial charge >= 0.3 is 0 Å². The quantitative estimate of drug-likeness (QED) is 0.819. The van der Waals surface area contributed by atoms with Crippen molar-refractivity contribution in [2.24, 2.45) is 0 Å². The summed E-state index contributed by atoms with van der Waals surface area (Å²) < 4.78 is 6.21. The third-order valence-corrected chi connectivity index (χ3v) is 3.25. The van der Waals surface area contributed by atoms with Crippen molar-refractivity contribution in [3.63, 3.8) is 0 Å². The zero-order valence-electron chi connectivity index (χ0n) is 11.1. The van der Waals surface area contributed by atoms with Crippen LogP contribution in [0.2, 0.25) is 0 Å². The molecule has 2 rings (SSSR count). The zero-order valence-corrected chi connectivity index (χ0v) is 13.5. The largest absolute Gasteiger partial charge is 0.495 e. The fourth-order valence-corrected chi connectivity index (χ4v) is 2.09. The van der Waals surface area contributed by atoms with Gasteiger partial charge < -0.3 is 15.4 Å². The molecule has 0 bridgehead atoms. The summed E-state index contributed by atoms with van der Waals surface area (Å²) >= 11 is 8.61. The van der Waals surface area contributed by atoms with Crippen LogP contribution < -0.4 is 15.4 Å². The molecule has 0 spiro atoms. The minimum Gasteiger partial charge on any atom is -0.495 e. The molecule has 0 aliphatic heterocycles. The van der Waals surface area contributed by atoms with Gasteiger partial charge in [0.2, 0.25) is 0 Å². The first-order valence-corrected chi connectivity index (χ1v) is 7.13. The number of thiocarbonyl (C=S) groups is 1. The van der Waals surface area contributed by atoms with Crippen LogP contribution in [-0.2, 0) is 0 Å². The van der Waals surface area contributed by atoms with Crippen molar-refractivity contribution in [1.82, 2.24) is 4.98 Å². The van der Waals surface area contributed by atoms with Gasteiger partial charge in [0, 0.05) is 10.7 Å². The number of nitrogens with zero attached hydrogens (tertiary/aromatic N) is 1. The number of ether oxygens (including phenoxy) is 1. The van der Waals surface area contributed by atoms with Crippen LogP contribution in [0.3, 0.4) is 0 Å². The molecule has 0 aliphatic rings. The summed E-state index contributed by atoms with van der Waals surface area (Å²) in [6.45, 7) is 2.01. The number of hydrogen-bond donors (Lipinski definition) is 2. The van der Waals surface area contributed by atoms with Crippen molar-refractivity contribution in [3.05, 3.63) is 46.6 Å². The number of aromatic nitrogens is 1. The van der Waals surface area contributed by atoms with Crippen LogP contribution in [0.5, 0.6) is 5.75 Å². The van der Waals surface area contributed by atoms with E-state index in [0.29, 0.717) is 10.9 Å². The molecule has 6 heteroatoms. The maximum Gasteiger partial charge on any atom is 0.176 e. The van der Waals surface area contributed by atoms with Crippen molar-refractivity contribution in [3.8, 4) is 5.75 Å². The number of halogens is 1. The predicted octanol–water partition coefficient (Wildman–Crippen LogP) is 3.97. The number of benzene rings is 1. The normalized spacial score (nSPS) is 9.95. The molecule has 2 N–H and O–H groups in total. The number of methoxy groups -OCH3 is 1. The second-order valence-electron chi connectivity index (χ2n) is 4.14. The van der Waals surface area contributed by atoms with E-state index in [4.69, 9.17) is 17.0 Å². The fraction of sp³-hybridized carbons (Fsp3) is 0.143. The summed E-state index contributed by atoms with van der Waals surface area (Å²) in [5, 5.41) is 6.59. The lowest BCUT2D eigenvalue weighted by atomic mass is 10.2. The highest BCUT2D eigenvalue weighted by Gasteiger charge is 2.06. The van der Waals surface area contributed by atoms with Crippen molar-refractivity contribution in [1.29, 1.82) is 0 Å². The summed E-state index contributed by atoms with van der Waals surface area (Å²) in [7, 11) is 1.63. The van der Waals surface area contributed by atoms with E-state index in [1.807, 2.05) is 37.3 Å². The van der Waals surface area contributed by atoms with E-state index in [1.165, 1.54) is 0 Å². The highest BCUT2D eigenvalue weighted by atomic mass is 79.9. The average molecular weight is 352 g/mol. The summed E-state index contributed by atoms with van der Waals surface area (Å²) in [5.41, 5.74) is 1.94.